The number of nitrogens with two attached hydrogens (primary N) is 1. The van der Waals surface area contributed by atoms with Gasteiger partial charge in [-0.3, -0.25) is 9.80 Å². The summed E-state index contributed by atoms with van der Waals surface area (Å²) in [6, 6.07) is 16.0. The van der Waals surface area contributed by atoms with Crippen molar-refractivity contribution in [3.63, 3.8) is 0 Å². The molecule has 1 aliphatic heterocycles. The molecular weight excluding hydrogens is 316 g/mol. The predicted octanol–water partition coefficient (Wildman–Crippen LogP) is 3.10. The molecule has 0 fully saturated rings. The molecule has 1 heterocycles. The van der Waals surface area contributed by atoms with Crippen LogP contribution in [0, 0.1) is 0 Å². The Labute approximate surface area is 126 Å². The number of fused-ring (bicyclic) bond motifs is 1. The van der Waals surface area contributed by atoms with Gasteiger partial charge in [-0.1, -0.05) is 46.3 Å². The normalized spacial score (nSPS) is 18.0. The maximum absolute atomic E-state index is 12.1. The van der Waals surface area contributed by atoms with Gasteiger partial charge < -0.3 is 0 Å². The van der Waals surface area contributed by atoms with E-state index in [1.54, 1.807) is 0 Å². The summed E-state index contributed by atoms with van der Waals surface area (Å²) in [6.45, 7) is 0.558. The predicted molar refractivity (Wildman–Crippen MR) is 82.3 cm³/mol. The van der Waals surface area contributed by atoms with E-state index >= 15 is 0 Å². The topological polar surface area (TPSA) is 46.3 Å². The van der Waals surface area contributed by atoms with E-state index in [4.69, 9.17) is 5.84 Å². The van der Waals surface area contributed by atoms with E-state index in [9.17, 15) is 4.79 Å². The summed E-state index contributed by atoms with van der Waals surface area (Å²) >= 11 is 3.49. The van der Waals surface area contributed by atoms with Crippen LogP contribution in [0.3, 0.4) is 0 Å². The minimum absolute atomic E-state index is 0.0916. The fourth-order valence-electron chi connectivity index (χ4n) is 2.74. The summed E-state index contributed by atoms with van der Waals surface area (Å²) in [5, 5.41) is 1.32. The fourth-order valence-corrected chi connectivity index (χ4v) is 3.19. The van der Waals surface area contributed by atoms with Crippen molar-refractivity contribution in [2.75, 3.05) is 6.54 Å². The van der Waals surface area contributed by atoms with E-state index in [1.165, 1.54) is 10.6 Å². The Balaban J connectivity index is 1.94. The summed E-state index contributed by atoms with van der Waals surface area (Å²) in [5.41, 5.74) is 3.06. The van der Waals surface area contributed by atoms with E-state index in [0.29, 0.717) is 6.54 Å². The number of nitrogens with zero attached hydrogens (tertiary/aromatic N) is 1. The molecular formula is C16H15BrN2O. The minimum Gasteiger partial charge on any atom is -0.276 e. The van der Waals surface area contributed by atoms with Gasteiger partial charge >= 0.3 is 0 Å². The maximum Gasteiger partial charge on any atom is 0.268 e. The molecule has 0 aromatic heterocycles. The van der Waals surface area contributed by atoms with E-state index in [0.717, 1.165) is 22.0 Å². The third-order valence-electron chi connectivity index (χ3n) is 3.68. The van der Waals surface area contributed by atoms with E-state index in [-0.39, 0.29) is 11.8 Å². The van der Waals surface area contributed by atoms with Gasteiger partial charge in [0.15, 0.2) is 0 Å². The number of hydrogen-bond donors (Lipinski definition) is 1. The van der Waals surface area contributed by atoms with Gasteiger partial charge in [0.25, 0.3) is 5.91 Å². The highest BCUT2D eigenvalue weighted by Gasteiger charge is 2.29. The van der Waals surface area contributed by atoms with Crippen molar-refractivity contribution in [1.29, 1.82) is 0 Å². The van der Waals surface area contributed by atoms with Gasteiger partial charge in [0.2, 0.25) is 0 Å². The highest BCUT2D eigenvalue weighted by Crippen LogP contribution is 2.30. The molecule has 2 N–H and O–H groups in total. The first kappa shape index (κ1) is 13.3. The number of rotatable bonds is 2. The van der Waals surface area contributed by atoms with Gasteiger partial charge in [0.1, 0.15) is 0 Å². The van der Waals surface area contributed by atoms with Crippen molar-refractivity contribution in [3.05, 3.63) is 69.7 Å². The lowest BCUT2D eigenvalue weighted by Crippen LogP contribution is -2.45. The van der Waals surface area contributed by atoms with Gasteiger partial charge in [-0.15, -0.1) is 0 Å². The molecule has 2 aromatic carbocycles. The van der Waals surface area contributed by atoms with E-state index < -0.39 is 0 Å². The third-order valence-corrected chi connectivity index (χ3v) is 4.17. The first-order valence-corrected chi connectivity index (χ1v) is 7.34. The third kappa shape index (κ3) is 2.49. The SMILES string of the molecule is NN1CC(Cc2cccc(Br)c2)c2ccccc2C1=O. The molecule has 1 atom stereocenters. The van der Waals surface area contributed by atoms with Crippen molar-refractivity contribution in [1.82, 2.24) is 5.01 Å². The Bertz CT molecular complexity index is 656. The number of hydrazine groups is 1. The molecule has 1 aliphatic rings. The zero-order valence-electron chi connectivity index (χ0n) is 10.9. The molecule has 1 unspecified atom stereocenters. The van der Waals surface area contributed by atoms with Crippen LogP contribution in [0.25, 0.3) is 0 Å². The molecule has 0 radical (unpaired) electrons. The van der Waals surface area contributed by atoms with Crippen LogP contribution in [0.15, 0.2) is 53.0 Å². The molecule has 0 saturated heterocycles. The largest absolute Gasteiger partial charge is 0.276 e. The second-order valence-corrected chi connectivity index (χ2v) is 5.99. The van der Waals surface area contributed by atoms with Gasteiger partial charge in [0, 0.05) is 22.5 Å². The molecule has 4 heteroatoms. The second-order valence-electron chi connectivity index (χ2n) is 5.08. The molecule has 0 saturated carbocycles. The van der Waals surface area contributed by atoms with Crippen LogP contribution >= 0.6 is 15.9 Å². The standard InChI is InChI=1S/C16H15BrN2O/c17-13-5-3-4-11(9-13)8-12-10-19(18)16(20)15-7-2-1-6-14(12)15/h1-7,9,12H,8,10,18H2. The zero-order chi connectivity index (χ0) is 14.1. The van der Waals surface area contributed by atoms with Gasteiger partial charge in [-0.25, -0.2) is 5.84 Å². The number of amides is 1. The van der Waals surface area contributed by atoms with E-state index in [1.807, 2.05) is 36.4 Å². The summed E-state index contributed by atoms with van der Waals surface area (Å²) in [4.78, 5) is 12.1. The molecule has 0 bridgehead atoms. The van der Waals surface area contributed by atoms with Crippen molar-refractivity contribution in [3.8, 4) is 0 Å². The first-order valence-electron chi connectivity index (χ1n) is 6.55. The van der Waals surface area contributed by atoms with Crippen LogP contribution in [-0.4, -0.2) is 17.5 Å². The van der Waals surface area contributed by atoms with Crippen molar-refractivity contribution in [2.24, 2.45) is 5.84 Å². The van der Waals surface area contributed by atoms with Crippen LogP contribution < -0.4 is 5.84 Å². The lowest BCUT2D eigenvalue weighted by atomic mass is 9.85. The van der Waals surface area contributed by atoms with Crippen LogP contribution in [0.5, 0.6) is 0 Å². The molecule has 0 aliphatic carbocycles. The van der Waals surface area contributed by atoms with Crippen molar-refractivity contribution in [2.45, 2.75) is 12.3 Å². The van der Waals surface area contributed by atoms with Gasteiger partial charge in [0.05, 0.1) is 0 Å². The monoisotopic (exact) mass is 330 g/mol. The van der Waals surface area contributed by atoms with Crippen LogP contribution in [0.2, 0.25) is 0 Å². The molecule has 20 heavy (non-hydrogen) atoms. The number of halogens is 1. The Hall–Kier alpha value is -1.65. The molecule has 2 aromatic rings. The molecule has 0 spiro atoms. The Morgan fingerprint density at radius 2 is 2.00 bits per heavy atom. The lowest BCUT2D eigenvalue weighted by molar-refractivity contribution is 0.0721. The quantitative estimate of drug-likeness (QED) is 0.679. The van der Waals surface area contributed by atoms with Crippen LogP contribution in [0.1, 0.15) is 27.4 Å². The fraction of sp³-hybridized carbons (Fsp3) is 0.188. The number of carbonyl (C=O) groups excluding carboxylic acids is 1. The van der Waals surface area contributed by atoms with Crippen molar-refractivity contribution < 1.29 is 4.79 Å². The summed E-state index contributed by atoms with van der Waals surface area (Å²) < 4.78 is 1.07. The lowest BCUT2D eigenvalue weighted by Gasteiger charge is -2.31. The van der Waals surface area contributed by atoms with Crippen LogP contribution in [-0.2, 0) is 6.42 Å². The smallest absolute Gasteiger partial charge is 0.268 e. The highest BCUT2D eigenvalue weighted by atomic mass is 79.9. The first-order chi connectivity index (χ1) is 9.65. The van der Waals surface area contributed by atoms with Gasteiger partial charge in [-0.05, 0) is 35.7 Å². The molecule has 1 amide bonds. The van der Waals surface area contributed by atoms with Crippen molar-refractivity contribution >= 4 is 21.8 Å². The number of carbonyl (C=O) groups is 1. The molecule has 3 rings (SSSR count). The average molecular weight is 331 g/mol. The number of benzene rings is 2. The maximum atomic E-state index is 12.1. The second kappa shape index (κ2) is 5.38. The Morgan fingerprint density at radius 3 is 2.80 bits per heavy atom. The highest BCUT2D eigenvalue weighted by molar-refractivity contribution is 9.10. The zero-order valence-corrected chi connectivity index (χ0v) is 12.5. The number of hydrogen-bond acceptors (Lipinski definition) is 2. The average Bonchev–Trinajstić information content (AvgIpc) is 2.45. The van der Waals surface area contributed by atoms with Gasteiger partial charge in [-0.2, -0.15) is 0 Å². The van der Waals surface area contributed by atoms with E-state index in [2.05, 4.69) is 28.1 Å². The minimum atomic E-state index is -0.0916. The summed E-state index contributed by atoms with van der Waals surface area (Å²) in [6.07, 6.45) is 0.872. The molecule has 3 nitrogen and oxygen atoms in total. The van der Waals surface area contributed by atoms with Crippen LogP contribution in [0.4, 0.5) is 0 Å². The Kier molecular flexibility index (Phi) is 3.59. The summed E-state index contributed by atoms with van der Waals surface area (Å²) in [7, 11) is 0. The Morgan fingerprint density at radius 1 is 1.20 bits per heavy atom. The summed E-state index contributed by atoms with van der Waals surface area (Å²) in [5.74, 6) is 5.99. The molecule has 102 valence electrons.